The van der Waals surface area contributed by atoms with Crippen LogP contribution in [0.25, 0.3) is 23.0 Å². The van der Waals surface area contributed by atoms with Gasteiger partial charge in [-0.15, -0.1) is 0 Å². The molecule has 0 unspecified atom stereocenters. The van der Waals surface area contributed by atoms with Crippen molar-refractivity contribution < 1.29 is 50.1 Å². The van der Waals surface area contributed by atoms with Crippen LogP contribution in [0.4, 0.5) is 5.69 Å². The number of aliphatic imine (C=N–C) groups is 1. The quantitative estimate of drug-likeness (QED) is 0.133. The molecule has 14 heteroatoms. The number of allylic oxidation sites excluding steroid dienone is 1. The maximum atomic E-state index is 13.6. The lowest BCUT2D eigenvalue weighted by atomic mass is 9.91. The average Bonchev–Trinajstić information content (AvgIpc) is 3.54. The summed E-state index contributed by atoms with van der Waals surface area (Å²) >= 11 is 0. The molecule has 2 aliphatic rings. The van der Waals surface area contributed by atoms with E-state index in [9.17, 15) is 45.3 Å². The maximum Gasteiger partial charge on any atom is 0.326 e. The third kappa shape index (κ3) is 4.65. The number of methoxy groups -OCH3 is 1. The summed E-state index contributed by atoms with van der Waals surface area (Å²) < 4.78 is 6.15. The summed E-state index contributed by atoms with van der Waals surface area (Å²) in [5, 5.41) is 74.5. The second kappa shape index (κ2) is 11.1. The minimum absolute atomic E-state index is 0.0184. The van der Waals surface area contributed by atoms with E-state index in [1.807, 2.05) is 18.2 Å². The van der Waals surface area contributed by atoms with Gasteiger partial charge in [-0.05, 0) is 18.6 Å². The smallest absolute Gasteiger partial charge is 0.326 e. The third-order valence-corrected chi connectivity index (χ3v) is 7.38. The summed E-state index contributed by atoms with van der Waals surface area (Å²) in [5.41, 5.74) is 1.83. The first-order valence-electron chi connectivity index (χ1n) is 12.9. The normalized spacial score (nSPS) is 16.7. The number of aromatic hydroxyl groups is 4. The first kappa shape index (κ1) is 28.4. The number of hydrogen-bond donors (Lipinski definition) is 8. The number of fused-ring (bicyclic) bond motifs is 4. The van der Waals surface area contributed by atoms with E-state index in [2.05, 4.69) is 15.3 Å². The molecule has 0 fully saturated rings. The molecule has 3 aromatic rings. The van der Waals surface area contributed by atoms with Crippen LogP contribution in [0.1, 0.15) is 29.3 Å². The molecule has 220 valence electrons. The number of carboxylic acids is 1. The summed E-state index contributed by atoms with van der Waals surface area (Å²) in [4.78, 5) is 34.3. The van der Waals surface area contributed by atoms with Crippen LogP contribution in [0.15, 0.2) is 29.3 Å². The lowest BCUT2D eigenvalue weighted by Gasteiger charge is -2.30. The van der Waals surface area contributed by atoms with Crippen LogP contribution < -0.4 is 10.1 Å². The summed E-state index contributed by atoms with van der Waals surface area (Å²) in [6.07, 6.45) is 2.40. The fourth-order valence-corrected chi connectivity index (χ4v) is 5.21. The molecule has 2 aromatic carbocycles. The van der Waals surface area contributed by atoms with Gasteiger partial charge in [0.25, 0.3) is 0 Å². The molecule has 8 N–H and O–H groups in total. The van der Waals surface area contributed by atoms with Gasteiger partial charge in [0.05, 0.1) is 18.4 Å². The lowest BCUT2D eigenvalue weighted by molar-refractivity contribution is -0.143. The predicted octanol–water partition coefficient (Wildman–Crippen LogP) is 1.30. The first-order chi connectivity index (χ1) is 20.1. The van der Waals surface area contributed by atoms with Crippen LogP contribution in [0.2, 0.25) is 0 Å². The number of imidazole rings is 1. The van der Waals surface area contributed by atoms with Crippen molar-refractivity contribution in [1.82, 2.24) is 14.9 Å². The van der Waals surface area contributed by atoms with Crippen molar-refractivity contribution in [2.75, 3.05) is 20.3 Å². The number of nitrogens with zero attached hydrogens (tertiary/aromatic N) is 3. The number of amides is 1. The summed E-state index contributed by atoms with van der Waals surface area (Å²) in [6.45, 7) is -1.03. The molecule has 1 aromatic heterocycles. The van der Waals surface area contributed by atoms with Gasteiger partial charge in [0, 0.05) is 48.5 Å². The van der Waals surface area contributed by atoms with Gasteiger partial charge in [-0.1, -0.05) is 18.2 Å². The zero-order chi connectivity index (χ0) is 30.3. The van der Waals surface area contributed by atoms with Gasteiger partial charge in [-0.25, -0.2) is 9.78 Å². The Labute approximate surface area is 238 Å². The van der Waals surface area contributed by atoms with Crippen LogP contribution in [0.5, 0.6) is 28.9 Å². The van der Waals surface area contributed by atoms with Crippen LogP contribution in [0, 0.1) is 5.92 Å². The Morgan fingerprint density at radius 3 is 2.50 bits per heavy atom. The molecule has 5 rings (SSSR count). The molecular formula is C28H28N4O10. The second-order valence-electron chi connectivity index (χ2n) is 9.91. The number of aliphatic carboxylic acids is 1. The Morgan fingerprint density at radius 1 is 1.12 bits per heavy atom. The molecule has 1 amide bonds. The van der Waals surface area contributed by atoms with E-state index in [1.54, 1.807) is 12.3 Å². The zero-order valence-corrected chi connectivity index (χ0v) is 22.2. The SMILES string of the molecule is COc1c(O)c(O)c2c(c1O)-c1nc(/C=C3\C=Nc4ccccc43)c(O)n1[C@H](C(=O)N[C@@H](CC(CO)CO)C(=O)O)C2. The number of nitrogens with one attached hydrogen (secondary N) is 1. The highest BCUT2D eigenvalue weighted by Crippen LogP contribution is 2.55. The minimum Gasteiger partial charge on any atom is -0.504 e. The number of rotatable bonds is 9. The predicted molar refractivity (Wildman–Crippen MR) is 148 cm³/mol. The number of phenols is 3. The van der Waals surface area contributed by atoms with Crippen molar-refractivity contribution in [1.29, 1.82) is 0 Å². The topological polar surface area (TPSA) is 227 Å². The number of hydrogen-bond acceptors (Lipinski definition) is 11. The molecule has 14 nitrogen and oxygen atoms in total. The average molecular weight is 581 g/mol. The van der Waals surface area contributed by atoms with Gasteiger partial charge in [0.2, 0.25) is 23.3 Å². The molecule has 2 aliphatic heterocycles. The highest BCUT2D eigenvalue weighted by atomic mass is 16.5. The number of aliphatic hydroxyl groups excluding tert-OH is 2. The number of phenolic OH excluding ortho intramolecular Hbond substituents is 3. The van der Waals surface area contributed by atoms with Crippen molar-refractivity contribution in [3.05, 3.63) is 41.1 Å². The van der Waals surface area contributed by atoms with E-state index in [0.717, 1.165) is 17.2 Å². The summed E-state index contributed by atoms with van der Waals surface area (Å²) in [6, 6.07) is 4.33. The Morgan fingerprint density at radius 2 is 1.83 bits per heavy atom. The molecule has 0 saturated heterocycles. The van der Waals surface area contributed by atoms with Crippen LogP contribution in [-0.4, -0.2) is 89.8 Å². The molecule has 3 heterocycles. The monoisotopic (exact) mass is 580 g/mol. The second-order valence-corrected chi connectivity index (χ2v) is 9.91. The van der Waals surface area contributed by atoms with Crippen molar-refractivity contribution in [3.63, 3.8) is 0 Å². The van der Waals surface area contributed by atoms with Crippen molar-refractivity contribution in [3.8, 4) is 40.3 Å². The molecule has 0 radical (unpaired) electrons. The van der Waals surface area contributed by atoms with Gasteiger partial charge in [0.1, 0.15) is 23.6 Å². The van der Waals surface area contributed by atoms with Crippen molar-refractivity contribution in [2.24, 2.45) is 10.9 Å². The third-order valence-electron chi connectivity index (χ3n) is 7.38. The number of ether oxygens (including phenoxy) is 1. The van der Waals surface area contributed by atoms with Crippen LogP contribution in [0.3, 0.4) is 0 Å². The van der Waals surface area contributed by atoms with E-state index in [1.165, 1.54) is 6.08 Å². The Bertz CT molecular complexity index is 1640. The number of carbonyl (C=O) groups is 2. The number of aliphatic hydroxyl groups is 2. The molecule has 0 saturated carbocycles. The highest BCUT2D eigenvalue weighted by Gasteiger charge is 2.40. The number of benzene rings is 2. The largest absolute Gasteiger partial charge is 0.504 e. The van der Waals surface area contributed by atoms with Gasteiger partial charge >= 0.3 is 5.97 Å². The van der Waals surface area contributed by atoms with E-state index in [0.29, 0.717) is 11.3 Å². The lowest BCUT2D eigenvalue weighted by Crippen LogP contribution is -2.46. The van der Waals surface area contributed by atoms with Crippen LogP contribution in [-0.2, 0) is 16.0 Å². The standard InChI is InChI=1S/C28H28N4O10/c1-42-24-22(36)20-15(21(35)23(24)37)8-19(26(38)31-18(28(40)41)6-12(10-33)11-34)32-25(20)30-17(27(32)39)7-13-9-29-16-5-3-2-4-14(13)16/h2-5,7,9,12,18-19,33-37,39H,6,8,10-11H2,1H3,(H,31,38)(H,40,41)/b13-7+/t18-,19-/m0/s1. The molecule has 42 heavy (non-hydrogen) atoms. The zero-order valence-electron chi connectivity index (χ0n) is 22.2. The number of carbonyl (C=O) groups excluding carboxylic acids is 1. The Kier molecular flexibility index (Phi) is 7.49. The molecule has 0 aliphatic carbocycles. The van der Waals surface area contributed by atoms with Crippen molar-refractivity contribution >= 4 is 35.4 Å². The maximum absolute atomic E-state index is 13.6. The Balaban J connectivity index is 1.65. The van der Waals surface area contributed by atoms with E-state index < -0.39 is 78.4 Å². The first-order valence-corrected chi connectivity index (χ1v) is 12.9. The van der Waals surface area contributed by atoms with Gasteiger partial charge in [0.15, 0.2) is 11.5 Å². The van der Waals surface area contributed by atoms with Gasteiger partial charge < -0.3 is 45.8 Å². The molecule has 0 spiro atoms. The summed E-state index contributed by atoms with van der Waals surface area (Å²) in [7, 11) is 1.16. The van der Waals surface area contributed by atoms with Crippen molar-refractivity contribution in [2.45, 2.75) is 24.9 Å². The number of carboxylic acid groups (broad SMARTS) is 1. The van der Waals surface area contributed by atoms with Gasteiger partial charge in [-0.2, -0.15) is 0 Å². The van der Waals surface area contributed by atoms with E-state index >= 15 is 0 Å². The van der Waals surface area contributed by atoms with E-state index in [-0.39, 0.29) is 29.1 Å². The molecule has 0 bridgehead atoms. The fraction of sp³-hybridized carbons (Fsp3) is 0.286. The number of aromatic nitrogens is 2. The molecule has 2 atom stereocenters. The fourth-order valence-electron chi connectivity index (χ4n) is 5.21. The number of para-hydroxylation sites is 1. The van der Waals surface area contributed by atoms with Crippen LogP contribution >= 0.6 is 0 Å². The summed E-state index contributed by atoms with van der Waals surface area (Å²) in [5.74, 6) is -6.34. The molecular weight excluding hydrogens is 552 g/mol. The highest BCUT2D eigenvalue weighted by molar-refractivity contribution is 6.21. The van der Waals surface area contributed by atoms with E-state index in [4.69, 9.17) is 4.74 Å². The minimum atomic E-state index is -1.52. The van der Waals surface area contributed by atoms with Gasteiger partial charge in [-0.3, -0.25) is 14.4 Å². The Hall–Kier alpha value is -5.08.